The first-order valence-corrected chi connectivity index (χ1v) is 13.1. The average Bonchev–Trinajstić information content (AvgIpc) is 3.24. The molecular formula is C26H29FN2O6S. The molecule has 1 aliphatic heterocycles. The Labute approximate surface area is 209 Å². The lowest BCUT2D eigenvalue weighted by Crippen LogP contribution is -2.41. The van der Waals surface area contributed by atoms with E-state index in [0.717, 1.165) is 4.31 Å². The Hall–Kier alpha value is -3.24. The van der Waals surface area contributed by atoms with E-state index in [1.165, 1.54) is 29.7 Å². The molecule has 1 aromatic heterocycles. The minimum absolute atomic E-state index is 0.108. The van der Waals surface area contributed by atoms with Gasteiger partial charge >= 0.3 is 12.1 Å². The zero-order valence-electron chi connectivity index (χ0n) is 21.0. The Morgan fingerprint density at radius 3 is 2.47 bits per heavy atom. The largest absolute Gasteiger partial charge is 0.465 e. The van der Waals surface area contributed by atoms with Crippen molar-refractivity contribution in [1.82, 2.24) is 8.87 Å². The molecule has 0 N–H and O–H groups in total. The van der Waals surface area contributed by atoms with Crippen molar-refractivity contribution in [3.8, 4) is 11.1 Å². The number of benzene rings is 2. The first-order valence-electron chi connectivity index (χ1n) is 11.6. The Balaban J connectivity index is 1.82. The SMILES string of the molecule is CCOC(=O)C(C)N1C(C)c2cc(-c3cn(C(=O)OC(C)(C)C)c4cc(F)ccc34)ccc2S1(=O)=O. The number of halogens is 1. The fourth-order valence-corrected chi connectivity index (χ4v) is 6.57. The molecule has 0 amide bonds. The molecule has 2 unspecified atom stereocenters. The van der Waals surface area contributed by atoms with Gasteiger partial charge in [-0.2, -0.15) is 4.31 Å². The van der Waals surface area contributed by atoms with Crippen LogP contribution in [0.4, 0.5) is 9.18 Å². The summed E-state index contributed by atoms with van der Waals surface area (Å²) in [6, 6.07) is 7.36. The van der Waals surface area contributed by atoms with E-state index in [1.807, 2.05) is 0 Å². The number of hydrogen-bond donors (Lipinski definition) is 0. The van der Waals surface area contributed by atoms with Crippen LogP contribution >= 0.6 is 0 Å². The molecule has 4 rings (SSSR count). The Kier molecular flexibility index (Phi) is 6.47. The van der Waals surface area contributed by atoms with Gasteiger partial charge in [0.15, 0.2) is 0 Å². The second-order valence-electron chi connectivity index (χ2n) is 9.75. The molecule has 192 valence electrons. The normalized spacial score (nSPS) is 18.1. The molecule has 0 aliphatic carbocycles. The van der Waals surface area contributed by atoms with Gasteiger partial charge in [0.25, 0.3) is 0 Å². The highest BCUT2D eigenvalue weighted by Gasteiger charge is 2.45. The van der Waals surface area contributed by atoms with Crippen molar-refractivity contribution < 1.29 is 31.9 Å². The van der Waals surface area contributed by atoms with Crippen molar-refractivity contribution in [3.05, 3.63) is 54.0 Å². The van der Waals surface area contributed by atoms with Crippen molar-refractivity contribution >= 4 is 33.0 Å². The minimum Gasteiger partial charge on any atom is -0.465 e. The van der Waals surface area contributed by atoms with Crippen LogP contribution in [0.5, 0.6) is 0 Å². The molecule has 36 heavy (non-hydrogen) atoms. The molecule has 0 radical (unpaired) electrons. The number of hydrogen-bond acceptors (Lipinski definition) is 6. The lowest BCUT2D eigenvalue weighted by molar-refractivity contribution is -0.147. The maximum absolute atomic E-state index is 14.1. The van der Waals surface area contributed by atoms with Crippen LogP contribution in [0.1, 0.15) is 53.1 Å². The van der Waals surface area contributed by atoms with E-state index in [-0.39, 0.29) is 11.5 Å². The first kappa shape index (κ1) is 25.8. The Morgan fingerprint density at radius 2 is 1.83 bits per heavy atom. The molecule has 0 bridgehead atoms. The van der Waals surface area contributed by atoms with Gasteiger partial charge in [-0.05, 0) is 83.0 Å². The molecule has 0 saturated heterocycles. The van der Waals surface area contributed by atoms with Gasteiger partial charge in [-0.15, -0.1) is 0 Å². The van der Waals surface area contributed by atoms with Gasteiger partial charge in [0.05, 0.1) is 17.0 Å². The van der Waals surface area contributed by atoms with Crippen LogP contribution < -0.4 is 0 Å². The third-order valence-corrected chi connectivity index (χ3v) is 8.19. The summed E-state index contributed by atoms with van der Waals surface area (Å²) in [4.78, 5) is 25.3. The smallest absolute Gasteiger partial charge is 0.419 e. The van der Waals surface area contributed by atoms with Gasteiger partial charge in [0.1, 0.15) is 17.5 Å². The summed E-state index contributed by atoms with van der Waals surface area (Å²) in [5.74, 6) is -1.13. The van der Waals surface area contributed by atoms with E-state index in [9.17, 15) is 22.4 Å². The number of carbonyl (C=O) groups excluding carboxylic acids is 2. The van der Waals surface area contributed by atoms with E-state index in [2.05, 4.69) is 0 Å². The third kappa shape index (κ3) is 4.39. The maximum atomic E-state index is 14.1. The summed E-state index contributed by atoms with van der Waals surface area (Å²) in [7, 11) is -3.93. The van der Waals surface area contributed by atoms with Crippen LogP contribution in [0.3, 0.4) is 0 Å². The average molecular weight is 517 g/mol. The fraction of sp³-hybridized carbons (Fsp3) is 0.385. The van der Waals surface area contributed by atoms with E-state index in [1.54, 1.807) is 59.0 Å². The second-order valence-corrected chi connectivity index (χ2v) is 11.6. The van der Waals surface area contributed by atoms with Crippen LogP contribution in [0.2, 0.25) is 0 Å². The van der Waals surface area contributed by atoms with Crippen LogP contribution in [0, 0.1) is 5.82 Å². The number of sulfonamides is 1. The quantitative estimate of drug-likeness (QED) is 0.440. The number of rotatable bonds is 4. The number of nitrogens with zero attached hydrogens (tertiary/aromatic N) is 2. The van der Waals surface area contributed by atoms with Crippen LogP contribution in [-0.4, -0.2) is 47.6 Å². The monoisotopic (exact) mass is 516 g/mol. The number of ether oxygens (including phenoxy) is 2. The van der Waals surface area contributed by atoms with E-state index in [0.29, 0.717) is 27.6 Å². The van der Waals surface area contributed by atoms with Crippen LogP contribution in [-0.2, 0) is 24.3 Å². The fourth-order valence-electron chi connectivity index (χ4n) is 4.54. The zero-order chi connectivity index (χ0) is 26.6. The first-order chi connectivity index (χ1) is 16.8. The molecule has 0 fully saturated rings. The predicted octanol–water partition coefficient (Wildman–Crippen LogP) is 5.25. The summed E-state index contributed by atoms with van der Waals surface area (Å²) in [6.45, 7) is 10.2. The molecule has 2 aromatic carbocycles. The van der Waals surface area contributed by atoms with E-state index >= 15 is 0 Å². The summed E-state index contributed by atoms with van der Waals surface area (Å²) in [6.07, 6.45) is 0.906. The molecule has 2 atom stereocenters. The number of carbonyl (C=O) groups is 2. The molecule has 0 spiro atoms. The van der Waals surface area contributed by atoms with Crippen LogP contribution in [0.15, 0.2) is 47.5 Å². The summed E-state index contributed by atoms with van der Waals surface area (Å²) in [5, 5.41) is 0.604. The Bertz CT molecular complexity index is 1470. The second kappa shape index (κ2) is 9.01. The minimum atomic E-state index is -3.93. The van der Waals surface area contributed by atoms with Gasteiger partial charge in [-0.3, -0.25) is 9.36 Å². The summed E-state index contributed by atoms with van der Waals surface area (Å²) < 4.78 is 53.6. The zero-order valence-corrected chi connectivity index (χ0v) is 21.8. The van der Waals surface area contributed by atoms with E-state index < -0.39 is 45.6 Å². The number of aromatic nitrogens is 1. The maximum Gasteiger partial charge on any atom is 0.419 e. The lowest BCUT2D eigenvalue weighted by Gasteiger charge is -2.25. The van der Waals surface area contributed by atoms with Crippen LogP contribution in [0.25, 0.3) is 22.0 Å². The van der Waals surface area contributed by atoms with Crippen molar-refractivity contribution in [1.29, 1.82) is 0 Å². The molecular weight excluding hydrogens is 487 g/mol. The highest BCUT2D eigenvalue weighted by molar-refractivity contribution is 7.89. The summed E-state index contributed by atoms with van der Waals surface area (Å²) in [5.41, 5.74) is 1.35. The van der Waals surface area contributed by atoms with E-state index in [4.69, 9.17) is 9.47 Å². The Morgan fingerprint density at radius 1 is 1.14 bits per heavy atom. The molecule has 10 heteroatoms. The topological polar surface area (TPSA) is 94.9 Å². The van der Waals surface area contributed by atoms with Crippen molar-refractivity contribution in [2.45, 2.75) is 64.1 Å². The highest BCUT2D eigenvalue weighted by Crippen LogP contribution is 2.43. The predicted molar refractivity (Wildman–Crippen MR) is 132 cm³/mol. The van der Waals surface area contributed by atoms with Crippen molar-refractivity contribution in [2.24, 2.45) is 0 Å². The van der Waals surface area contributed by atoms with Gasteiger partial charge < -0.3 is 9.47 Å². The number of fused-ring (bicyclic) bond motifs is 2. The van der Waals surface area contributed by atoms with Crippen molar-refractivity contribution in [2.75, 3.05) is 6.61 Å². The van der Waals surface area contributed by atoms with Gasteiger partial charge in [-0.1, -0.05) is 6.07 Å². The molecule has 1 aliphatic rings. The highest BCUT2D eigenvalue weighted by atomic mass is 32.2. The molecule has 0 saturated carbocycles. The molecule has 2 heterocycles. The van der Waals surface area contributed by atoms with Crippen molar-refractivity contribution in [3.63, 3.8) is 0 Å². The molecule has 8 nitrogen and oxygen atoms in total. The lowest BCUT2D eigenvalue weighted by atomic mass is 9.99. The third-order valence-electron chi connectivity index (χ3n) is 6.08. The molecule has 3 aromatic rings. The van der Waals surface area contributed by atoms with Gasteiger partial charge in [0.2, 0.25) is 10.0 Å². The van der Waals surface area contributed by atoms with Gasteiger partial charge in [0, 0.05) is 23.2 Å². The number of esters is 1. The summed E-state index contributed by atoms with van der Waals surface area (Å²) >= 11 is 0. The van der Waals surface area contributed by atoms with Gasteiger partial charge in [-0.25, -0.2) is 17.6 Å². The standard InChI is InChI=1S/C26H29FN2O6S/c1-7-34-24(30)16(3)29-15(2)20-12-17(8-11-23(20)36(29,32)33)21-14-28(25(31)35-26(4,5)6)22-13-18(27)9-10-19(21)22/h8-16H,7H2,1-6H3.